The molecule has 60 valence electrons. The van der Waals surface area contributed by atoms with E-state index in [0.717, 1.165) is 5.76 Å². The Hall–Kier alpha value is -1.32. The fourth-order valence-electron chi connectivity index (χ4n) is 0.688. The van der Waals surface area contributed by atoms with Crippen molar-refractivity contribution in [3.63, 3.8) is 0 Å². The van der Waals surface area contributed by atoms with Gasteiger partial charge in [-0.05, 0) is 0 Å². The summed E-state index contributed by atoms with van der Waals surface area (Å²) in [7, 11) is 0. The number of aromatic nitrogens is 1. The molecule has 11 heavy (non-hydrogen) atoms. The van der Waals surface area contributed by atoms with Crippen molar-refractivity contribution in [3.8, 4) is 0 Å². The van der Waals surface area contributed by atoms with Gasteiger partial charge in [-0.3, -0.25) is 5.41 Å². The van der Waals surface area contributed by atoms with Gasteiger partial charge >= 0.3 is 0 Å². The lowest BCUT2D eigenvalue weighted by atomic mass is 10.1. The minimum absolute atomic E-state index is 0.0550. The molecule has 4 heteroatoms. The van der Waals surface area contributed by atoms with Gasteiger partial charge in [0.15, 0.2) is 0 Å². The smallest absolute Gasteiger partial charge is 0.148 e. The third kappa shape index (κ3) is 1.58. The van der Waals surface area contributed by atoms with E-state index in [0.29, 0.717) is 5.69 Å². The zero-order chi connectivity index (χ0) is 8.43. The maximum absolute atomic E-state index is 7.04. The lowest BCUT2D eigenvalue weighted by molar-refractivity contribution is 0.370. The molecule has 4 nitrogen and oxygen atoms in total. The van der Waals surface area contributed by atoms with Crippen LogP contribution >= 0.6 is 0 Å². The molecule has 1 rings (SSSR count). The van der Waals surface area contributed by atoms with Crippen LogP contribution in [-0.2, 0) is 0 Å². The first kappa shape index (κ1) is 7.78. The van der Waals surface area contributed by atoms with E-state index >= 15 is 0 Å². The minimum Gasteiger partial charge on any atom is -0.382 e. The monoisotopic (exact) mass is 153 g/mol. The number of hydrogen-bond donors (Lipinski definition) is 2. The van der Waals surface area contributed by atoms with Crippen LogP contribution in [0.15, 0.2) is 10.6 Å². The van der Waals surface area contributed by atoms with Crippen molar-refractivity contribution in [1.82, 2.24) is 5.16 Å². The predicted molar refractivity (Wildman–Crippen MR) is 41.6 cm³/mol. The Kier molecular flexibility index (Phi) is 1.94. The van der Waals surface area contributed by atoms with Crippen molar-refractivity contribution >= 4 is 5.84 Å². The third-order valence-electron chi connectivity index (χ3n) is 1.37. The molecule has 0 radical (unpaired) electrons. The summed E-state index contributed by atoms with van der Waals surface area (Å²) in [5.74, 6) is 0.992. The van der Waals surface area contributed by atoms with E-state index in [1.165, 1.54) is 0 Å². The van der Waals surface area contributed by atoms with Gasteiger partial charge in [0, 0.05) is 12.0 Å². The van der Waals surface area contributed by atoms with E-state index in [9.17, 15) is 0 Å². The normalized spacial score (nSPS) is 10.5. The summed E-state index contributed by atoms with van der Waals surface area (Å²) in [6.45, 7) is 3.98. The van der Waals surface area contributed by atoms with Crippen LogP contribution in [0.2, 0.25) is 0 Å². The highest BCUT2D eigenvalue weighted by Gasteiger charge is 2.08. The number of nitrogen functional groups attached to an aromatic ring is 1. The van der Waals surface area contributed by atoms with Crippen molar-refractivity contribution in [2.45, 2.75) is 19.8 Å². The van der Waals surface area contributed by atoms with Crippen LogP contribution in [0.3, 0.4) is 0 Å². The van der Waals surface area contributed by atoms with Gasteiger partial charge in [0.2, 0.25) is 0 Å². The molecule has 0 aliphatic heterocycles. The highest BCUT2D eigenvalue weighted by atomic mass is 16.5. The first-order chi connectivity index (χ1) is 5.11. The quantitative estimate of drug-likeness (QED) is 0.493. The summed E-state index contributed by atoms with van der Waals surface area (Å²) < 4.78 is 4.92. The van der Waals surface area contributed by atoms with Gasteiger partial charge in [0.05, 0.1) is 0 Å². The number of rotatable bonds is 2. The van der Waals surface area contributed by atoms with E-state index in [2.05, 4.69) is 5.16 Å². The van der Waals surface area contributed by atoms with Crippen molar-refractivity contribution < 1.29 is 4.52 Å². The highest BCUT2D eigenvalue weighted by Crippen LogP contribution is 2.14. The summed E-state index contributed by atoms with van der Waals surface area (Å²) in [5, 5.41) is 10.7. The molecule has 0 saturated heterocycles. The zero-order valence-electron chi connectivity index (χ0n) is 6.59. The Labute approximate surface area is 64.9 Å². The summed E-state index contributed by atoms with van der Waals surface area (Å²) in [6, 6.07) is 1.69. The topological polar surface area (TPSA) is 75.9 Å². The molecule has 0 aliphatic rings. The van der Waals surface area contributed by atoms with E-state index < -0.39 is 0 Å². The summed E-state index contributed by atoms with van der Waals surface area (Å²) >= 11 is 0. The second-order valence-electron chi connectivity index (χ2n) is 2.68. The van der Waals surface area contributed by atoms with Crippen LogP contribution in [-0.4, -0.2) is 11.0 Å². The number of nitrogens with zero attached hydrogens (tertiary/aromatic N) is 1. The van der Waals surface area contributed by atoms with Crippen LogP contribution in [0.1, 0.15) is 31.2 Å². The van der Waals surface area contributed by atoms with Crippen LogP contribution < -0.4 is 5.73 Å². The fraction of sp³-hybridized carbons (Fsp3) is 0.429. The Morgan fingerprint density at radius 1 is 1.73 bits per heavy atom. The van der Waals surface area contributed by atoms with Crippen molar-refractivity contribution in [1.29, 1.82) is 5.41 Å². The Bertz CT molecular complexity index is 264. The molecule has 1 aromatic rings. The average molecular weight is 153 g/mol. The van der Waals surface area contributed by atoms with Gasteiger partial charge < -0.3 is 10.3 Å². The zero-order valence-corrected chi connectivity index (χ0v) is 6.59. The Balaban J connectivity index is 2.90. The average Bonchev–Trinajstić information content (AvgIpc) is 2.33. The third-order valence-corrected chi connectivity index (χ3v) is 1.37. The van der Waals surface area contributed by atoms with Gasteiger partial charge in [0.25, 0.3) is 0 Å². The van der Waals surface area contributed by atoms with Crippen LogP contribution in [0, 0.1) is 5.41 Å². The Morgan fingerprint density at radius 3 is 2.64 bits per heavy atom. The molecule has 0 aliphatic carbocycles. The standard InChI is InChI=1S/C7H11N3O/c1-4(2)6-3-5(7(8)9)10-11-6/h3-4H,1-2H3,(H3,8,9). The van der Waals surface area contributed by atoms with Gasteiger partial charge in [-0.25, -0.2) is 0 Å². The molecule has 0 atom stereocenters. The summed E-state index contributed by atoms with van der Waals surface area (Å²) in [5.41, 5.74) is 5.60. The van der Waals surface area contributed by atoms with Crippen molar-refractivity contribution in [2.24, 2.45) is 5.73 Å². The molecule has 0 bridgehead atoms. The molecule has 0 aromatic carbocycles. The molecule has 1 aromatic heterocycles. The van der Waals surface area contributed by atoms with Gasteiger partial charge in [0.1, 0.15) is 17.3 Å². The molecule has 3 N–H and O–H groups in total. The van der Waals surface area contributed by atoms with Crippen molar-refractivity contribution in [2.75, 3.05) is 0 Å². The summed E-state index contributed by atoms with van der Waals surface area (Å²) in [4.78, 5) is 0. The maximum atomic E-state index is 7.04. The van der Waals surface area contributed by atoms with Crippen LogP contribution in [0.25, 0.3) is 0 Å². The lowest BCUT2D eigenvalue weighted by Crippen LogP contribution is -2.10. The largest absolute Gasteiger partial charge is 0.382 e. The molecular formula is C7H11N3O. The van der Waals surface area contributed by atoms with E-state index in [1.54, 1.807) is 6.07 Å². The van der Waals surface area contributed by atoms with E-state index in [4.69, 9.17) is 15.7 Å². The van der Waals surface area contributed by atoms with Gasteiger partial charge in [-0.2, -0.15) is 0 Å². The molecular weight excluding hydrogens is 142 g/mol. The summed E-state index contributed by atoms with van der Waals surface area (Å²) in [6.07, 6.45) is 0. The van der Waals surface area contributed by atoms with Crippen LogP contribution in [0.4, 0.5) is 0 Å². The number of hydrogen-bond acceptors (Lipinski definition) is 3. The molecule has 0 amide bonds. The molecule has 1 heterocycles. The van der Waals surface area contributed by atoms with Gasteiger partial charge in [-0.1, -0.05) is 19.0 Å². The van der Waals surface area contributed by atoms with Crippen LogP contribution in [0.5, 0.6) is 0 Å². The predicted octanol–water partition coefficient (Wildman–Crippen LogP) is 1.08. The lowest BCUT2D eigenvalue weighted by Gasteiger charge is -1.93. The highest BCUT2D eigenvalue weighted by molar-refractivity contribution is 5.92. The first-order valence-corrected chi connectivity index (χ1v) is 3.42. The number of amidine groups is 1. The fourth-order valence-corrected chi connectivity index (χ4v) is 0.688. The van der Waals surface area contributed by atoms with Gasteiger partial charge in [-0.15, -0.1) is 0 Å². The SMILES string of the molecule is CC(C)c1cc(C(=N)N)no1. The minimum atomic E-state index is -0.0550. The molecule has 0 saturated carbocycles. The number of nitrogens with two attached hydrogens (primary N) is 1. The second-order valence-corrected chi connectivity index (χ2v) is 2.68. The van der Waals surface area contributed by atoms with E-state index in [-0.39, 0.29) is 11.8 Å². The number of nitrogens with one attached hydrogen (secondary N) is 1. The van der Waals surface area contributed by atoms with E-state index in [1.807, 2.05) is 13.8 Å². The van der Waals surface area contributed by atoms with Crippen molar-refractivity contribution in [3.05, 3.63) is 17.5 Å². The second kappa shape index (κ2) is 2.74. The molecule has 0 unspecified atom stereocenters. The Morgan fingerprint density at radius 2 is 2.36 bits per heavy atom. The first-order valence-electron chi connectivity index (χ1n) is 3.42. The molecule has 0 spiro atoms. The molecule has 0 fully saturated rings. The maximum Gasteiger partial charge on any atom is 0.148 e.